The Morgan fingerprint density at radius 3 is 2.08 bits per heavy atom. The Balaban J connectivity index is 1.58. The van der Waals surface area contributed by atoms with Crippen LogP contribution in [0.4, 0.5) is 17.1 Å². The molecular formula is C35H36N2O3. The second-order valence-corrected chi connectivity index (χ2v) is 12.7. The van der Waals surface area contributed by atoms with Crippen LogP contribution in [0.5, 0.6) is 11.5 Å². The van der Waals surface area contributed by atoms with E-state index in [1.165, 1.54) is 0 Å². The van der Waals surface area contributed by atoms with Gasteiger partial charge in [0.2, 0.25) is 0 Å². The Bertz CT molecular complexity index is 1620. The third-order valence-corrected chi connectivity index (χ3v) is 7.69. The van der Waals surface area contributed by atoms with E-state index in [0.29, 0.717) is 17.1 Å². The third-order valence-electron chi connectivity index (χ3n) is 7.69. The average molecular weight is 533 g/mol. The summed E-state index contributed by atoms with van der Waals surface area (Å²) in [5.74, 6) is 1.04. The molecule has 2 heterocycles. The van der Waals surface area contributed by atoms with Gasteiger partial charge in [-0.2, -0.15) is 0 Å². The number of nitrogens with zero attached hydrogens (tertiary/aromatic N) is 1. The molecule has 1 N–H and O–H groups in total. The molecule has 5 nitrogen and oxygen atoms in total. The molecule has 0 aromatic heterocycles. The van der Waals surface area contributed by atoms with Gasteiger partial charge in [-0.15, -0.1) is 0 Å². The van der Waals surface area contributed by atoms with Gasteiger partial charge in [0.25, 0.3) is 0 Å². The molecule has 6 rings (SSSR count). The number of rotatable bonds is 3. The van der Waals surface area contributed by atoms with Crippen molar-refractivity contribution < 1.29 is 14.3 Å². The Hall–Kier alpha value is -4.25. The summed E-state index contributed by atoms with van der Waals surface area (Å²) in [6.07, 6.45) is 0. The van der Waals surface area contributed by atoms with Crippen LogP contribution in [0.3, 0.4) is 0 Å². The maximum Gasteiger partial charge on any atom is 0.340 e. The molecule has 2 aliphatic rings. The van der Waals surface area contributed by atoms with Crippen molar-refractivity contribution in [1.82, 2.24) is 0 Å². The zero-order valence-corrected chi connectivity index (χ0v) is 24.3. The van der Waals surface area contributed by atoms with Crippen molar-refractivity contribution in [3.05, 3.63) is 113 Å². The molecule has 0 bridgehead atoms. The van der Waals surface area contributed by atoms with Crippen molar-refractivity contribution in [2.75, 3.05) is 10.2 Å². The first kappa shape index (κ1) is 26.0. The normalized spacial score (nSPS) is 17.4. The SMILES string of the molecule is Cc1cc2c(cc1Nc1ccccc1)C1(OC(=O)c3ccccc31)c1ccc(N(C(C)(C)C)C(C)(C)C)cc1O2. The molecule has 0 saturated carbocycles. The third kappa shape index (κ3) is 4.03. The summed E-state index contributed by atoms with van der Waals surface area (Å²) in [4.78, 5) is 15.8. The zero-order chi connectivity index (χ0) is 28.4. The summed E-state index contributed by atoms with van der Waals surface area (Å²) >= 11 is 0. The van der Waals surface area contributed by atoms with Crippen LogP contribution in [0.15, 0.2) is 84.9 Å². The predicted octanol–water partition coefficient (Wildman–Crippen LogP) is 8.71. The lowest BCUT2D eigenvalue weighted by Crippen LogP contribution is -2.53. The van der Waals surface area contributed by atoms with E-state index in [-0.39, 0.29) is 17.0 Å². The topological polar surface area (TPSA) is 50.8 Å². The molecule has 1 spiro atoms. The number of aryl methyl sites for hydroxylation is 1. The largest absolute Gasteiger partial charge is 0.456 e. The lowest BCUT2D eigenvalue weighted by atomic mass is 9.77. The summed E-state index contributed by atoms with van der Waals surface area (Å²) in [5.41, 5.74) is 5.65. The maximum absolute atomic E-state index is 13.4. The fourth-order valence-electron chi connectivity index (χ4n) is 6.54. The van der Waals surface area contributed by atoms with Crippen LogP contribution < -0.4 is 15.0 Å². The average Bonchev–Trinajstić information content (AvgIpc) is 3.17. The number of hydrogen-bond acceptors (Lipinski definition) is 5. The number of para-hydroxylation sites is 1. The Labute approximate surface area is 236 Å². The Morgan fingerprint density at radius 2 is 1.38 bits per heavy atom. The molecule has 4 aromatic rings. The van der Waals surface area contributed by atoms with Crippen molar-refractivity contribution >= 4 is 23.0 Å². The number of carbonyl (C=O) groups is 1. The molecule has 204 valence electrons. The van der Waals surface area contributed by atoms with Crippen molar-refractivity contribution in [2.45, 2.75) is 65.1 Å². The fraction of sp³-hybridized carbons (Fsp3) is 0.286. The minimum atomic E-state index is -1.12. The van der Waals surface area contributed by atoms with Crippen LogP contribution in [0.1, 0.15) is 74.2 Å². The molecule has 2 aliphatic heterocycles. The van der Waals surface area contributed by atoms with E-state index < -0.39 is 5.60 Å². The van der Waals surface area contributed by atoms with E-state index in [1.54, 1.807) is 0 Å². The number of fused-ring (bicyclic) bond motifs is 6. The molecule has 0 radical (unpaired) electrons. The van der Waals surface area contributed by atoms with Crippen molar-refractivity contribution in [1.29, 1.82) is 0 Å². The molecule has 1 atom stereocenters. The van der Waals surface area contributed by atoms with Crippen LogP contribution in [0.25, 0.3) is 0 Å². The van der Waals surface area contributed by atoms with Crippen LogP contribution in [0.2, 0.25) is 0 Å². The van der Waals surface area contributed by atoms with Gasteiger partial charge in [0.15, 0.2) is 5.60 Å². The summed E-state index contributed by atoms with van der Waals surface area (Å²) in [6, 6.07) is 28.1. The van der Waals surface area contributed by atoms with Crippen LogP contribution in [-0.4, -0.2) is 17.0 Å². The Morgan fingerprint density at radius 1 is 0.725 bits per heavy atom. The molecule has 0 saturated heterocycles. The van der Waals surface area contributed by atoms with E-state index in [0.717, 1.165) is 39.3 Å². The van der Waals surface area contributed by atoms with Crippen LogP contribution in [-0.2, 0) is 10.3 Å². The monoisotopic (exact) mass is 532 g/mol. The molecule has 0 aliphatic carbocycles. The van der Waals surface area contributed by atoms with Gasteiger partial charge >= 0.3 is 5.97 Å². The first-order valence-corrected chi connectivity index (χ1v) is 13.8. The van der Waals surface area contributed by atoms with Crippen molar-refractivity contribution in [3.63, 3.8) is 0 Å². The first-order chi connectivity index (χ1) is 18.9. The van der Waals surface area contributed by atoms with Gasteiger partial charge in [-0.3, -0.25) is 0 Å². The highest BCUT2D eigenvalue weighted by Crippen LogP contribution is 2.57. The number of anilines is 3. The number of benzene rings is 4. The van der Waals surface area contributed by atoms with E-state index >= 15 is 0 Å². The van der Waals surface area contributed by atoms with Gasteiger partial charge in [0.05, 0.1) is 5.56 Å². The number of nitrogens with one attached hydrogen (secondary N) is 1. The highest BCUT2D eigenvalue weighted by molar-refractivity contribution is 5.97. The fourth-order valence-corrected chi connectivity index (χ4v) is 6.54. The van der Waals surface area contributed by atoms with Crippen LogP contribution >= 0.6 is 0 Å². The van der Waals surface area contributed by atoms with E-state index in [1.807, 2.05) is 60.7 Å². The molecular weight excluding hydrogens is 496 g/mol. The molecule has 0 fully saturated rings. The smallest absolute Gasteiger partial charge is 0.340 e. The molecule has 5 heteroatoms. The maximum atomic E-state index is 13.4. The minimum Gasteiger partial charge on any atom is -0.456 e. The highest BCUT2D eigenvalue weighted by atomic mass is 16.6. The number of carbonyl (C=O) groups excluding carboxylic acids is 1. The van der Waals surface area contributed by atoms with Gasteiger partial charge in [-0.05, 0) is 96.5 Å². The van der Waals surface area contributed by atoms with Gasteiger partial charge in [0, 0.05) is 50.9 Å². The van der Waals surface area contributed by atoms with Gasteiger partial charge in [-0.25, -0.2) is 4.79 Å². The predicted molar refractivity (Wildman–Crippen MR) is 161 cm³/mol. The lowest BCUT2D eigenvalue weighted by molar-refractivity contribution is 0.0224. The van der Waals surface area contributed by atoms with Crippen molar-refractivity contribution in [3.8, 4) is 11.5 Å². The van der Waals surface area contributed by atoms with E-state index in [4.69, 9.17) is 9.47 Å². The summed E-state index contributed by atoms with van der Waals surface area (Å²) < 4.78 is 13.1. The molecule has 40 heavy (non-hydrogen) atoms. The van der Waals surface area contributed by atoms with Crippen LogP contribution in [0, 0.1) is 6.92 Å². The van der Waals surface area contributed by atoms with Gasteiger partial charge in [0.1, 0.15) is 11.5 Å². The second kappa shape index (κ2) is 8.88. The lowest BCUT2D eigenvalue weighted by Gasteiger charge is -2.48. The number of hydrogen-bond donors (Lipinski definition) is 1. The van der Waals surface area contributed by atoms with E-state index in [9.17, 15) is 4.79 Å². The standard InChI is InChI=1S/C35H36N2O3/c1-22-19-30-28(21-29(22)36-23-13-9-8-10-14-23)35(26-16-12-11-15-25(26)32(38)40-35)27-18-17-24(20-31(27)39-30)37(33(2,3)4)34(5,6)7/h8-21,36H,1-7H3. The van der Waals surface area contributed by atoms with Crippen molar-refractivity contribution in [2.24, 2.45) is 0 Å². The summed E-state index contributed by atoms with van der Waals surface area (Å²) in [7, 11) is 0. The first-order valence-electron chi connectivity index (χ1n) is 13.8. The number of ether oxygens (including phenoxy) is 2. The number of esters is 1. The quantitative estimate of drug-likeness (QED) is 0.267. The van der Waals surface area contributed by atoms with Gasteiger partial charge in [-0.1, -0.05) is 36.4 Å². The zero-order valence-electron chi connectivity index (χ0n) is 24.3. The molecule has 4 aromatic carbocycles. The summed E-state index contributed by atoms with van der Waals surface area (Å²) in [5, 5.41) is 3.54. The second-order valence-electron chi connectivity index (χ2n) is 12.7. The molecule has 0 amide bonds. The van der Waals surface area contributed by atoms with Gasteiger partial charge < -0.3 is 19.7 Å². The van der Waals surface area contributed by atoms with E-state index in [2.05, 4.69) is 82.9 Å². The Kier molecular flexibility index (Phi) is 5.77. The highest BCUT2D eigenvalue weighted by Gasteiger charge is 2.54. The minimum absolute atomic E-state index is 0.127. The molecule has 1 unspecified atom stereocenters. The summed E-state index contributed by atoms with van der Waals surface area (Å²) in [6.45, 7) is 15.4.